The predicted molar refractivity (Wildman–Crippen MR) is 81.5 cm³/mol. The number of benzene rings is 2. The molecule has 0 radical (unpaired) electrons. The summed E-state index contributed by atoms with van der Waals surface area (Å²) in [4.78, 5) is 0. The molecule has 2 heteroatoms. The molecule has 0 aliphatic carbocycles. The van der Waals surface area contributed by atoms with Crippen LogP contribution in [0.2, 0.25) is 0 Å². The third kappa shape index (κ3) is 3.07. The molecule has 0 bridgehead atoms. The van der Waals surface area contributed by atoms with Crippen molar-refractivity contribution in [2.24, 2.45) is 11.1 Å². The first-order chi connectivity index (χ1) is 8.89. The zero-order valence-electron chi connectivity index (χ0n) is 12.2. The van der Waals surface area contributed by atoms with Crippen molar-refractivity contribution in [1.82, 2.24) is 0 Å². The molecule has 2 unspecified atom stereocenters. The van der Waals surface area contributed by atoms with Gasteiger partial charge in [0.2, 0.25) is 0 Å². The van der Waals surface area contributed by atoms with Crippen LogP contribution in [-0.4, -0.2) is 12.1 Å². The Morgan fingerprint density at radius 3 is 2.26 bits per heavy atom. The van der Waals surface area contributed by atoms with Crippen LogP contribution >= 0.6 is 0 Å². The van der Waals surface area contributed by atoms with E-state index in [1.165, 1.54) is 5.39 Å². The second-order valence-electron chi connectivity index (χ2n) is 6.24. The van der Waals surface area contributed by atoms with Gasteiger partial charge in [0.15, 0.2) is 0 Å². The molecular formula is C17H23NO. The van der Waals surface area contributed by atoms with Gasteiger partial charge in [0.1, 0.15) is 11.9 Å². The van der Waals surface area contributed by atoms with E-state index in [4.69, 9.17) is 10.5 Å². The highest BCUT2D eigenvalue weighted by atomic mass is 16.5. The first kappa shape index (κ1) is 13.9. The highest BCUT2D eigenvalue weighted by molar-refractivity contribution is 5.88. The Morgan fingerprint density at radius 2 is 1.63 bits per heavy atom. The van der Waals surface area contributed by atoms with Crippen molar-refractivity contribution in [3.63, 3.8) is 0 Å². The van der Waals surface area contributed by atoms with Crippen LogP contribution < -0.4 is 10.5 Å². The monoisotopic (exact) mass is 257 g/mol. The summed E-state index contributed by atoms with van der Waals surface area (Å²) in [6.45, 7) is 8.48. The van der Waals surface area contributed by atoms with Crippen LogP contribution in [0.15, 0.2) is 42.5 Å². The average Bonchev–Trinajstić information content (AvgIpc) is 2.34. The molecule has 0 spiro atoms. The number of rotatable bonds is 3. The van der Waals surface area contributed by atoms with Gasteiger partial charge in [0.25, 0.3) is 0 Å². The highest BCUT2D eigenvalue weighted by Gasteiger charge is 2.30. The summed E-state index contributed by atoms with van der Waals surface area (Å²) in [6, 6.07) is 14.4. The summed E-state index contributed by atoms with van der Waals surface area (Å²) >= 11 is 0. The summed E-state index contributed by atoms with van der Waals surface area (Å²) in [5.41, 5.74) is 6.09. The Balaban J connectivity index is 2.40. The highest BCUT2D eigenvalue weighted by Crippen LogP contribution is 2.31. The van der Waals surface area contributed by atoms with Gasteiger partial charge in [-0.3, -0.25) is 0 Å². The number of nitrogens with two attached hydrogens (primary N) is 1. The fraction of sp³-hybridized carbons (Fsp3) is 0.412. The lowest BCUT2D eigenvalue weighted by atomic mass is 9.85. The van der Waals surface area contributed by atoms with Crippen molar-refractivity contribution < 1.29 is 4.74 Å². The van der Waals surface area contributed by atoms with Crippen molar-refractivity contribution in [3.05, 3.63) is 42.5 Å². The average molecular weight is 257 g/mol. The van der Waals surface area contributed by atoms with Gasteiger partial charge in [-0.25, -0.2) is 0 Å². The zero-order chi connectivity index (χ0) is 14.0. The molecular weight excluding hydrogens is 234 g/mol. The molecule has 0 aromatic heterocycles. The topological polar surface area (TPSA) is 35.2 Å². The van der Waals surface area contributed by atoms with Gasteiger partial charge in [-0.15, -0.1) is 0 Å². The van der Waals surface area contributed by atoms with Gasteiger partial charge in [-0.2, -0.15) is 0 Å². The maximum absolute atomic E-state index is 6.23. The molecule has 0 saturated carbocycles. The Kier molecular flexibility index (Phi) is 3.81. The minimum absolute atomic E-state index is 0.00507. The normalized spacial score (nSPS) is 15.2. The molecule has 0 aliphatic heterocycles. The fourth-order valence-electron chi connectivity index (χ4n) is 2.51. The quantitative estimate of drug-likeness (QED) is 0.902. The van der Waals surface area contributed by atoms with E-state index in [0.29, 0.717) is 0 Å². The minimum atomic E-state index is -0.0155. The summed E-state index contributed by atoms with van der Waals surface area (Å²) in [5, 5.41) is 2.33. The molecule has 0 heterocycles. The van der Waals surface area contributed by atoms with Gasteiger partial charge in [-0.05, 0) is 18.4 Å². The summed E-state index contributed by atoms with van der Waals surface area (Å²) in [7, 11) is 0. The molecule has 102 valence electrons. The Bertz CT molecular complexity index is 549. The molecule has 2 rings (SSSR count). The van der Waals surface area contributed by atoms with Crippen molar-refractivity contribution in [2.75, 3.05) is 0 Å². The maximum Gasteiger partial charge on any atom is 0.127 e. The lowest BCUT2D eigenvalue weighted by molar-refractivity contribution is 0.0699. The van der Waals surface area contributed by atoms with E-state index in [1.807, 2.05) is 31.2 Å². The lowest BCUT2D eigenvalue weighted by Gasteiger charge is -2.34. The van der Waals surface area contributed by atoms with E-state index in [-0.39, 0.29) is 17.6 Å². The Labute approximate surface area is 115 Å². The van der Waals surface area contributed by atoms with Gasteiger partial charge < -0.3 is 10.5 Å². The van der Waals surface area contributed by atoms with Crippen LogP contribution in [-0.2, 0) is 0 Å². The molecule has 0 saturated heterocycles. The van der Waals surface area contributed by atoms with E-state index < -0.39 is 0 Å². The third-order valence-electron chi connectivity index (χ3n) is 3.33. The summed E-state index contributed by atoms with van der Waals surface area (Å²) in [6.07, 6.45) is -0.0155. The molecule has 2 aromatic carbocycles. The number of fused-ring (bicyclic) bond motifs is 1. The second-order valence-corrected chi connectivity index (χ2v) is 6.24. The van der Waals surface area contributed by atoms with Crippen LogP contribution in [0.1, 0.15) is 27.7 Å². The van der Waals surface area contributed by atoms with Crippen LogP contribution in [0, 0.1) is 5.41 Å². The molecule has 2 N–H and O–H groups in total. The predicted octanol–water partition coefficient (Wildman–Crippen LogP) is 3.98. The molecule has 0 fully saturated rings. The molecule has 0 aliphatic rings. The number of ether oxygens (including phenoxy) is 1. The van der Waals surface area contributed by atoms with E-state index >= 15 is 0 Å². The van der Waals surface area contributed by atoms with E-state index in [9.17, 15) is 0 Å². The van der Waals surface area contributed by atoms with E-state index in [2.05, 4.69) is 39.0 Å². The van der Waals surface area contributed by atoms with Gasteiger partial charge >= 0.3 is 0 Å². The third-order valence-corrected chi connectivity index (χ3v) is 3.33. The standard InChI is InChI=1S/C17H23NO/c1-12(18)16(17(2,3)4)19-15-11-7-9-13-8-5-6-10-14(13)15/h5-12,16H,18H2,1-4H3. The lowest BCUT2D eigenvalue weighted by Crippen LogP contribution is -2.45. The number of hydrogen-bond donors (Lipinski definition) is 1. The van der Waals surface area contributed by atoms with Crippen molar-refractivity contribution >= 4 is 10.8 Å². The Morgan fingerprint density at radius 1 is 1.00 bits per heavy atom. The number of hydrogen-bond acceptors (Lipinski definition) is 2. The van der Waals surface area contributed by atoms with E-state index in [1.54, 1.807) is 0 Å². The van der Waals surface area contributed by atoms with Gasteiger partial charge in [-0.1, -0.05) is 57.2 Å². The molecule has 19 heavy (non-hydrogen) atoms. The largest absolute Gasteiger partial charge is 0.488 e. The molecule has 2 atom stereocenters. The first-order valence-electron chi connectivity index (χ1n) is 6.79. The van der Waals surface area contributed by atoms with Gasteiger partial charge in [0.05, 0.1) is 0 Å². The van der Waals surface area contributed by atoms with Crippen LogP contribution in [0.4, 0.5) is 0 Å². The smallest absolute Gasteiger partial charge is 0.127 e. The molecule has 2 aromatic rings. The van der Waals surface area contributed by atoms with Crippen molar-refractivity contribution in [3.8, 4) is 5.75 Å². The Hall–Kier alpha value is -1.54. The zero-order valence-corrected chi connectivity index (χ0v) is 12.2. The molecule has 2 nitrogen and oxygen atoms in total. The SMILES string of the molecule is CC(N)C(Oc1cccc2ccccc12)C(C)(C)C. The maximum atomic E-state index is 6.23. The minimum Gasteiger partial charge on any atom is -0.488 e. The van der Waals surface area contributed by atoms with Crippen LogP contribution in [0.3, 0.4) is 0 Å². The summed E-state index contributed by atoms with van der Waals surface area (Å²) in [5.74, 6) is 0.912. The summed E-state index contributed by atoms with van der Waals surface area (Å²) < 4.78 is 6.23. The van der Waals surface area contributed by atoms with Crippen molar-refractivity contribution in [2.45, 2.75) is 39.8 Å². The van der Waals surface area contributed by atoms with Crippen LogP contribution in [0.5, 0.6) is 5.75 Å². The first-order valence-corrected chi connectivity index (χ1v) is 6.79. The van der Waals surface area contributed by atoms with Crippen molar-refractivity contribution in [1.29, 1.82) is 0 Å². The fourth-order valence-corrected chi connectivity index (χ4v) is 2.51. The van der Waals surface area contributed by atoms with Crippen LogP contribution in [0.25, 0.3) is 10.8 Å². The van der Waals surface area contributed by atoms with E-state index in [0.717, 1.165) is 11.1 Å². The van der Waals surface area contributed by atoms with Gasteiger partial charge in [0, 0.05) is 16.8 Å². The molecule has 0 amide bonds. The second kappa shape index (κ2) is 5.22.